The van der Waals surface area contributed by atoms with Gasteiger partial charge in [-0.2, -0.15) is 0 Å². The number of imidazole rings is 1. The summed E-state index contributed by atoms with van der Waals surface area (Å²) in [6.07, 6.45) is -16.1. The van der Waals surface area contributed by atoms with Gasteiger partial charge in [0.1, 0.15) is 126 Å². The molecule has 3 fully saturated rings. The largest absolute Gasteiger partial charge is 0.508 e. The Labute approximate surface area is 527 Å². The molecule has 14 unspecified atom stereocenters. The second kappa shape index (κ2) is 33.3. The summed E-state index contributed by atoms with van der Waals surface area (Å²) in [5.41, 5.74) is 5.96. The van der Waals surface area contributed by atoms with Crippen LogP contribution in [0.3, 0.4) is 0 Å². The van der Waals surface area contributed by atoms with Crippen LogP contribution in [0.2, 0.25) is 0 Å². The fourth-order valence-electron chi connectivity index (χ4n) is 8.73. The van der Waals surface area contributed by atoms with Crippen LogP contribution in [0.25, 0.3) is 23.3 Å². The molecule has 32 nitrogen and oxygen atoms in total. The van der Waals surface area contributed by atoms with Gasteiger partial charge < -0.3 is 109 Å². The van der Waals surface area contributed by atoms with Crippen molar-refractivity contribution < 1.29 is 132 Å². The van der Waals surface area contributed by atoms with E-state index < -0.39 is 152 Å². The monoisotopic (exact) mass is 1310 g/mol. The topological polar surface area (TPSA) is 487 Å². The van der Waals surface area contributed by atoms with Crippen LogP contribution in [0, 0.1) is 0 Å². The number of anilines is 1. The van der Waals surface area contributed by atoms with Crippen molar-refractivity contribution in [1.29, 1.82) is 0 Å². The predicted molar refractivity (Wildman–Crippen MR) is 315 cm³/mol. The summed E-state index contributed by atoms with van der Waals surface area (Å²) in [5.74, 6) is -3.05. The number of nitrogens with two attached hydrogens (primary N) is 1. The molecule has 0 amide bonds. The number of phenols is 2. The van der Waals surface area contributed by atoms with E-state index in [2.05, 4.69) is 15.0 Å². The summed E-state index contributed by atoms with van der Waals surface area (Å²) >= 11 is 0. The van der Waals surface area contributed by atoms with Gasteiger partial charge in [0.25, 0.3) is 0 Å². The van der Waals surface area contributed by atoms with Crippen LogP contribution in [0.5, 0.6) is 17.2 Å². The lowest BCUT2D eigenvalue weighted by molar-refractivity contribution is -0.355. The van der Waals surface area contributed by atoms with E-state index in [1.807, 2.05) is 0 Å². The molecule has 13 N–H and O–H groups in total. The van der Waals surface area contributed by atoms with Crippen molar-refractivity contribution in [3.05, 3.63) is 66.2 Å². The van der Waals surface area contributed by atoms with Gasteiger partial charge in [0, 0.05) is 6.07 Å². The molecule has 0 saturated carbocycles. The Bertz CT molecular complexity index is 3100. The minimum absolute atomic E-state index is 0.0201. The average molecular weight is 1310 g/mol. The highest BCUT2D eigenvalue weighted by molar-refractivity contribution is 5.82. The van der Waals surface area contributed by atoms with E-state index in [1.165, 1.54) is 35.4 Å². The predicted octanol–water partition coefficient (Wildman–Crippen LogP) is 0.264. The molecule has 5 heterocycles. The van der Waals surface area contributed by atoms with E-state index in [0.717, 1.165) is 5.56 Å². The Morgan fingerprint density at radius 3 is 1.55 bits per heavy atom. The summed E-state index contributed by atoms with van der Waals surface area (Å²) in [5, 5.41) is 109. The van der Waals surface area contributed by atoms with Gasteiger partial charge in [-0.1, -0.05) is 24.3 Å². The normalized spacial score (nSPS) is 25.7. The molecule has 14 atom stereocenters. The fraction of sp³-hybridized carbons (Fsp3) is 0.583. The Hall–Kier alpha value is -7.57. The number of esters is 6. The van der Waals surface area contributed by atoms with Crippen molar-refractivity contribution in [3.8, 4) is 17.2 Å². The molecule has 2 aromatic carbocycles. The molecule has 3 saturated heterocycles. The number of aliphatic hydroxyl groups excluding tert-OH is 9. The zero-order valence-corrected chi connectivity index (χ0v) is 52.1. The van der Waals surface area contributed by atoms with Gasteiger partial charge in [-0.05, 0) is 97.7 Å². The summed E-state index contributed by atoms with van der Waals surface area (Å²) in [7, 11) is 0. The third kappa shape index (κ3) is 23.5. The number of aromatic nitrogens is 4. The number of aromatic hydroxyl groups is 2. The zero-order chi connectivity index (χ0) is 68.6. The van der Waals surface area contributed by atoms with E-state index in [9.17, 15) is 84.9 Å². The smallest absolute Gasteiger partial charge is 0.311 e. The summed E-state index contributed by atoms with van der Waals surface area (Å²) in [4.78, 5) is 82.8. The molecule has 510 valence electrons. The van der Waals surface area contributed by atoms with Gasteiger partial charge in [-0.15, -0.1) is 0 Å². The van der Waals surface area contributed by atoms with Crippen LogP contribution < -0.4 is 10.5 Å². The fourth-order valence-corrected chi connectivity index (χ4v) is 8.73. The highest BCUT2D eigenvalue weighted by Gasteiger charge is 2.51. The Morgan fingerprint density at radius 2 is 1.03 bits per heavy atom. The van der Waals surface area contributed by atoms with Gasteiger partial charge in [-0.25, -0.2) is 15.0 Å². The minimum Gasteiger partial charge on any atom is -0.508 e. The quantitative estimate of drug-likeness (QED) is 0.0244. The van der Waals surface area contributed by atoms with Gasteiger partial charge >= 0.3 is 35.8 Å². The Kier molecular flexibility index (Phi) is 27.2. The SMILES string of the molecule is CC(C)(C)OC(=O)CCC(=O)OCC1OC(O)C(O)C(O)C1OC1OC(CO)C(O)C(O)C1O.CC(C)(C)OC(=O)CCC(=O)OCC1OC(n2cnc3c(N)ncnc32)C(O)C1O.CC(C)(C)OC(=O)CCC(=O)Oc1ccc(/C=C/c2cc(O)cc(O)c2)cc1. The number of nitrogens with zero attached hydrogens (tertiary/aromatic N) is 4. The first kappa shape index (κ1) is 75.2. The molecule has 3 aliphatic rings. The number of ether oxygens (including phenoxy) is 10. The number of rotatable bonds is 20. The number of phenolic OH excluding ortho intramolecular Hbond substituents is 2. The average Bonchev–Trinajstić information content (AvgIpc) is 1.51. The number of benzene rings is 2. The Morgan fingerprint density at radius 1 is 0.543 bits per heavy atom. The minimum atomic E-state index is -1.87. The third-order valence-electron chi connectivity index (χ3n) is 13.0. The standard InChI is InChI=1S/C22H24O6.C20H34O14.C18H25N5O7/c1-22(2,3)28-21(26)11-10-20(25)27-19-8-6-15(7-9-19)4-5-16-12-17(23)14-18(24)13-16;1-20(2,3)34-11(23)5-4-10(22)30-7-9-17(14(26)15(27)18(29)31-9)33-19-16(28)13(25)12(24)8(6-21)32-19;1-18(2,3)30-11(25)5-4-10(24)28-6-9-13(26)14(27)17(29-9)23-8-22-12-15(19)20-7-21-16(12)23/h4-9,12-14,23-24H,10-11H2,1-3H3;8-9,12-19,21,24-29H,4-7H2,1-3H3;7-9,13-14,17,26-27H,4-6H2,1-3H3,(H2,19,20,21)/b5-4+;;. The lowest BCUT2D eigenvalue weighted by Crippen LogP contribution is -2.64. The van der Waals surface area contributed by atoms with Crippen LogP contribution in [-0.4, -0.2) is 228 Å². The number of aliphatic hydroxyl groups is 9. The molecule has 0 spiro atoms. The number of carbonyl (C=O) groups is 6. The van der Waals surface area contributed by atoms with E-state index in [4.69, 9.17) is 53.1 Å². The van der Waals surface area contributed by atoms with Crippen molar-refractivity contribution in [3.63, 3.8) is 0 Å². The molecular weight excluding hydrogens is 1220 g/mol. The number of fused-ring (bicyclic) bond motifs is 1. The van der Waals surface area contributed by atoms with Crippen molar-refractivity contribution in [1.82, 2.24) is 19.5 Å². The summed E-state index contributed by atoms with van der Waals surface area (Å²) in [6.45, 7) is 13.9. The van der Waals surface area contributed by atoms with E-state index >= 15 is 0 Å². The van der Waals surface area contributed by atoms with Crippen molar-refractivity contribution in [2.75, 3.05) is 25.6 Å². The molecular formula is C60H83N5O27. The maximum atomic E-state index is 12.0. The lowest BCUT2D eigenvalue weighted by atomic mass is 9.97. The summed E-state index contributed by atoms with van der Waals surface area (Å²) < 4.78 is 53.6. The molecule has 3 aliphatic heterocycles. The first-order chi connectivity index (χ1) is 42.9. The van der Waals surface area contributed by atoms with Crippen LogP contribution in [0.1, 0.15) is 118 Å². The first-order valence-electron chi connectivity index (χ1n) is 29.0. The van der Waals surface area contributed by atoms with E-state index in [0.29, 0.717) is 22.5 Å². The highest BCUT2D eigenvalue weighted by Crippen LogP contribution is 2.33. The lowest BCUT2D eigenvalue weighted by Gasteiger charge is -2.45. The second-order valence-electron chi connectivity index (χ2n) is 24.3. The molecule has 92 heavy (non-hydrogen) atoms. The molecule has 7 rings (SSSR count). The molecule has 32 heteroatoms. The molecule has 0 aliphatic carbocycles. The zero-order valence-electron chi connectivity index (χ0n) is 52.1. The maximum Gasteiger partial charge on any atom is 0.311 e. The number of hydrogen-bond donors (Lipinski definition) is 12. The van der Waals surface area contributed by atoms with Gasteiger partial charge in [0.05, 0.1) is 51.5 Å². The van der Waals surface area contributed by atoms with Crippen LogP contribution in [0.15, 0.2) is 55.1 Å². The number of carbonyl (C=O) groups excluding carboxylic acids is 6. The van der Waals surface area contributed by atoms with Crippen molar-refractivity contribution in [2.24, 2.45) is 0 Å². The highest BCUT2D eigenvalue weighted by atomic mass is 16.7. The molecule has 4 aromatic rings. The second-order valence-corrected chi connectivity index (χ2v) is 24.3. The van der Waals surface area contributed by atoms with Crippen LogP contribution in [0.4, 0.5) is 5.82 Å². The van der Waals surface area contributed by atoms with Crippen LogP contribution in [-0.2, 0) is 71.4 Å². The van der Waals surface area contributed by atoms with Gasteiger partial charge in [0.15, 0.2) is 30.3 Å². The van der Waals surface area contributed by atoms with Gasteiger partial charge in [-0.3, -0.25) is 33.3 Å². The van der Waals surface area contributed by atoms with Gasteiger partial charge in [0.2, 0.25) is 0 Å². The van der Waals surface area contributed by atoms with Crippen LogP contribution >= 0.6 is 0 Å². The van der Waals surface area contributed by atoms with Crippen molar-refractivity contribution in [2.45, 2.75) is 204 Å². The third-order valence-corrected chi connectivity index (χ3v) is 13.0. The molecule has 0 radical (unpaired) electrons. The van der Waals surface area contributed by atoms with E-state index in [-0.39, 0.29) is 62.4 Å². The molecule has 0 bridgehead atoms. The van der Waals surface area contributed by atoms with Crippen molar-refractivity contribution >= 4 is 64.9 Å². The van der Waals surface area contributed by atoms with E-state index in [1.54, 1.807) is 98.7 Å². The summed E-state index contributed by atoms with van der Waals surface area (Å²) in [6, 6.07) is 11.1. The first-order valence-corrected chi connectivity index (χ1v) is 29.0. The maximum absolute atomic E-state index is 12.0. The number of nitrogen functional groups attached to an aromatic ring is 1. The number of hydrogen-bond acceptors (Lipinski definition) is 31. The molecule has 2 aromatic heterocycles. The Balaban J connectivity index is 0.000000252.